The van der Waals surface area contributed by atoms with Gasteiger partial charge in [-0.05, 0) is 85.8 Å². The number of hydrazine groups is 1. The Kier molecular flexibility index (Phi) is 11.6. The number of fused-ring (bicyclic) bond motifs is 1. The lowest BCUT2D eigenvalue weighted by Crippen LogP contribution is -2.38. The molecule has 1 aliphatic rings. The zero-order chi connectivity index (χ0) is 32.6. The lowest BCUT2D eigenvalue weighted by Gasteiger charge is -2.41. The van der Waals surface area contributed by atoms with Crippen LogP contribution in [0.3, 0.4) is 0 Å². The molecule has 1 saturated heterocycles. The number of anilines is 1. The molecule has 0 saturated carbocycles. The average molecular weight is 605 g/mol. The molecule has 4 rings (SSSR count). The van der Waals surface area contributed by atoms with Gasteiger partial charge in [-0.3, -0.25) is 0 Å². The largest absolute Gasteiger partial charge is 0.370 e. The summed E-state index contributed by atoms with van der Waals surface area (Å²) in [5.74, 6) is 0.882. The zero-order valence-electron chi connectivity index (χ0n) is 29.1. The van der Waals surface area contributed by atoms with Crippen LogP contribution < -0.4 is 10.9 Å². The molecule has 3 N–H and O–H groups in total. The molecule has 0 bridgehead atoms. The molecule has 0 amide bonds. The van der Waals surface area contributed by atoms with E-state index in [1.807, 2.05) is 6.20 Å². The van der Waals surface area contributed by atoms with E-state index in [1.165, 1.54) is 38.6 Å². The molecule has 1 aliphatic heterocycles. The molecule has 0 radical (unpaired) electrons. The Bertz CT molecular complexity index is 1560. The third-order valence-electron chi connectivity index (χ3n) is 9.45. The molecule has 2 heterocycles. The number of aromatic amines is 1. The van der Waals surface area contributed by atoms with Crippen LogP contribution in [-0.4, -0.2) is 23.0 Å². The van der Waals surface area contributed by atoms with Gasteiger partial charge in [0, 0.05) is 54.0 Å². The molecule has 4 heteroatoms. The summed E-state index contributed by atoms with van der Waals surface area (Å²) in [7, 11) is 0. The Morgan fingerprint density at radius 2 is 1.80 bits per heavy atom. The van der Waals surface area contributed by atoms with E-state index >= 15 is 0 Å². The van der Waals surface area contributed by atoms with Gasteiger partial charge in [0.25, 0.3) is 0 Å². The van der Waals surface area contributed by atoms with Crippen molar-refractivity contribution >= 4 is 22.2 Å². The second-order valence-electron chi connectivity index (χ2n) is 13.6. The Morgan fingerprint density at radius 1 is 1.04 bits per heavy atom. The fourth-order valence-corrected chi connectivity index (χ4v) is 6.58. The Labute approximate surface area is 273 Å². The van der Waals surface area contributed by atoms with Gasteiger partial charge in [-0.15, -0.1) is 0 Å². The second-order valence-corrected chi connectivity index (χ2v) is 13.6. The molecule has 2 aromatic carbocycles. The van der Waals surface area contributed by atoms with Gasteiger partial charge in [0.1, 0.15) is 0 Å². The van der Waals surface area contributed by atoms with Crippen molar-refractivity contribution in [1.29, 1.82) is 0 Å². The van der Waals surface area contributed by atoms with Crippen LogP contribution >= 0.6 is 0 Å². The number of piperidine rings is 1. The van der Waals surface area contributed by atoms with E-state index < -0.39 is 0 Å². The fraction of sp³-hybridized carbons (Fsp3) is 0.415. The third-order valence-corrected chi connectivity index (χ3v) is 9.45. The first kappa shape index (κ1) is 34.0. The molecule has 1 aromatic heterocycles. The monoisotopic (exact) mass is 604 g/mol. The van der Waals surface area contributed by atoms with Crippen molar-refractivity contribution in [3.8, 4) is 0 Å². The van der Waals surface area contributed by atoms with Crippen molar-refractivity contribution in [3.63, 3.8) is 0 Å². The van der Waals surface area contributed by atoms with Gasteiger partial charge < -0.3 is 20.7 Å². The first-order valence-corrected chi connectivity index (χ1v) is 16.9. The minimum atomic E-state index is 0.125. The van der Waals surface area contributed by atoms with Crippen molar-refractivity contribution in [2.24, 2.45) is 11.3 Å². The summed E-state index contributed by atoms with van der Waals surface area (Å²) in [5.41, 5.74) is 17.4. The van der Waals surface area contributed by atoms with Crippen LogP contribution in [0, 0.1) is 11.3 Å². The van der Waals surface area contributed by atoms with Gasteiger partial charge in [0.05, 0.1) is 11.4 Å². The van der Waals surface area contributed by atoms with Crippen molar-refractivity contribution in [2.75, 3.05) is 18.5 Å². The number of rotatable bonds is 12. The lowest BCUT2D eigenvalue weighted by molar-refractivity contribution is 0.246. The van der Waals surface area contributed by atoms with Gasteiger partial charge in [0.15, 0.2) is 0 Å². The van der Waals surface area contributed by atoms with Crippen LogP contribution in [0.25, 0.3) is 16.5 Å². The lowest BCUT2D eigenvalue weighted by atomic mass is 9.81. The first-order chi connectivity index (χ1) is 21.6. The minimum Gasteiger partial charge on any atom is -0.370 e. The number of likely N-dealkylation sites (tertiary alicyclic amines) is 1. The maximum absolute atomic E-state index is 4.72. The van der Waals surface area contributed by atoms with Gasteiger partial charge in [0.2, 0.25) is 0 Å². The van der Waals surface area contributed by atoms with Crippen LogP contribution in [0.4, 0.5) is 5.69 Å². The molecule has 2 atom stereocenters. The molecule has 3 aromatic rings. The highest BCUT2D eigenvalue weighted by atomic mass is 15.4. The molecule has 4 nitrogen and oxygen atoms in total. The Morgan fingerprint density at radius 3 is 2.42 bits per heavy atom. The number of hydrogen-bond donors (Lipinski definition) is 3. The smallest absolute Gasteiger partial charge is 0.0618 e. The number of benzene rings is 2. The minimum absolute atomic E-state index is 0.125. The predicted octanol–water partition coefficient (Wildman–Crippen LogP) is 11.1. The highest BCUT2D eigenvalue weighted by Gasteiger charge is 2.31. The van der Waals surface area contributed by atoms with Gasteiger partial charge in [-0.1, -0.05) is 102 Å². The third kappa shape index (κ3) is 8.22. The SMILES string of the molecule is C=C(c1ccc(NNC(/C=C(\CCC)C(C)(C)C)=C(\C)CC)c2ccccc12)N1CC(C(/C=C\C)=C/C)CC(c2cc[nH]c2)C1. The van der Waals surface area contributed by atoms with E-state index in [2.05, 4.69) is 149 Å². The van der Waals surface area contributed by atoms with Crippen LogP contribution in [0.5, 0.6) is 0 Å². The average Bonchev–Trinajstić information content (AvgIpc) is 3.59. The standard InChI is InChI=1S/C41H56N4/c1-10-16-31(13-4)33-24-34(32-22-23-42-26-32)28-45(27-33)30(6)36-20-21-39(38-19-15-14-18-37(36)38)43-44-40(29(5)12-3)25-35(17-11-2)41(7,8)9/h10,13-16,18-23,25-26,33-34,42-44H,6,11-12,17,24,27-28H2,1-5,7-9H3/b16-10-,31-13+,35-25+,40-29+. The molecule has 0 aliphatic carbocycles. The summed E-state index contributed by atoms with van der Waals surface area (Å²) in [6, 6.07) is 15.4. The number of hydrogen-bond acceptors (Lipinski definition) is 3. The van der Waals surface area contributed by atoms with Gasteiger partial charge in [-0.25, -0.2) is 0 Å². The topological polar surface area (TPSA) is 43.1 Å². The predicted molar refractivity (Wildman–Crippen MR) is 197 cm³/mol. The van der Waals surface area contributed by atoms with Gasteiger partial charge in [-0.2, -0.15) is 0 Å². The number of nitrogens with one attached hydrogen (secondary N) is 3. The van der Waals surface area contributed by atoms with Crippen molar-refractivity contribution in [3.05, 3.63) is 119 Å². The highest BCUT2D eigenvalue weighted by Crippen LogP contribution is 2.39. The highest BCUT2D eigenvalue weighted by molar-refractivity contribution is 6.00. The number of aromatic nitrogens is 1. The van der Waals surface area contributed by atoms with Crippen molar-refractivity contribution in [1.82, 2.24) is 15.3 Å². The molecule has 240 valence electrons. The molecule has 0 spiro atoms. The first-order valence-electron chi connectivity index (χ1n) is 16.9. The fourth-order valence-electron chi connectivity index (χ4n) is 6.58. The Hall–Kier alpha value is -3.92. The summed E-state index contributed by atoms with van der Waals surface area (Å²) in [6.07, 6.45) is 17.6. The maximum Gasteiger partial charge on any atom is 0.0618 e. The summed E-state index contributed by atoms with van der Waals surface area (Å²) in [6.45, 7) is 24.5. The zero-order valence-corrected chi connectivity index (χ0v) is 29.1. The summed E-state index contributed by atoms with van der Waals surface area (Å²) < 4.78 is 0. The van der Waals surface area contributed by atoms with Crippen LogP contribution in [-0.2, 0) is 0 Å². The second kappa shape index (κ2) is 15.4. The van der Waals surface area contributed by atoms with Crippen molar-refractivity contribution in [2.45, 2.75) is 87.0 Å². The molecule has 2 unspecified atom stereocenters. The van der Waals surface area contributed by atoms with E-state index in [0.717, 1.165) is 55.9 Å². The maximum atomic E-state index is 4.72. The molecular weight excluding hydrogens is 548 g/mol. The van der Waals surface area contributed by atoms with Crippen molar-refractivity contribution < 1.29 is 0 Å². The normalized spacial score (nSPS) is 18.8. The summed E-state index contributed by atoms with van der Waals surface area (Å²) in [5, 5.41) is 2.40. The van der Waals surface area contributed by atoms with Crippen LogP contribution in [0.15, 0.2) is 108 Å². The molecule has 45 heavy (non-hydrogen) atoms. The Balaban J connectivity index is 1.66. The number of nitrogens with zero attached hydrogens (tertiary/aromatic N) is 1. The number of allylic oxidation sites excluding steroid dienone is 6. The van der Waals surface area contributed by atoms with Crippen LogP contribution in [0.1, 0.15) is 98.1 Å². The summed E-state index contributed by atoms with van der Waals surface area (Å²) >= 11 is 0. The summed E-state index contributed by atoms with van der Waals surface area (Å²) in [4.78, 5) is 5.80. The molecule has 1 fully saturated rings. The molecular formula is C41H56N4. The van der Waals surface area contributed by atoms with E-state index in [-0.39, 0.29) is 5.41 Å². The van der Waals surface area contributed by atoms with E-state index in [4.69, 9.17) is 6.58 Å². The van der Waals surface area contributed by atoms with E-state index in [9.17, 15) is 0 Å². The van der Waals surface area contributed by atoms with E-state index in [0.29, 0.717) is 11.8 Å². The van der Waals surface area contributed by atoms with Crippen LogP contribution in [0.2, 0.25) is 0 Å². The quantitative estimate of drug-likeness (QED) is 0.142. The van der Waals surface area contributed by atoms with E-state index in [1.54, 1.807) is 0 Å². The van der Waals surface area contributed by atoms with Gasteiger partial charge >= 0.3 is 0 Å². The number of H-pyrrole nitrogens is 1.